The van der Waals surface area contributed by atoms with E-state index in [0.717, 1.165) is 12.8 Å². The Morgan fingerprint density at radius 3 is 2.38 bits per heavy atom. The fourth-order valence-electron chi connectivity index (χ4n) is 2.91. The molecule has 0 aliphatic heterocycles. The SMILES string of the molecule is CC1CCCC(C)(CC(F)(F)F)CC1(C)O. The quantitative estimate of drug-likeness (QED) is 0.687. The Morgan fingerprint density at radius 1 is 1.31 bits per heavy atom. The molecule has 1 rings (SSSR count). The van der Waals surface area contributed by atoms with Crippen LogP contribution in [0.15, 0.2) is 0 Å². The Bertz CT molecular complexity index is 247. The number of hydrogen-bond acceptors (Lipinski definition) is 1. The second-order valence-corrected chi connectivity index (χ2v) is 5.93. The summed E-state index contributed by atoms with van der Waals surface area (Å²) in [5.41, 5.74) is -1.79. The van der Waals surface area contributed by atoms with Gasteiger partial charge in [-0.25, -0.2) is 0 Å². The first-order valence-electron chi connectivity index (χ1n) is 5.83. The summed E-state index contributed by atoms with van der Waals surface area (Å²) in [6.45, 7) is 5.23. The van der Waals surface area contributed by atoms with Crippen molar-refractivity contribution in [2.75, 3.05) is 0 Å². The minimum atomic E-state index is -4.14. The third kappa shape index (κ3) is 3.65. The fraction of sp³-hybridized carbons (Fsp3) is 1.00. The molecule has 16 heavy (non-hydrogen) atoms. The molecule has 1 fully saturated rings. The predicted octanol–water partition coefficient (Wildman–Crippen LogP) is 3.91. The maximum Gasteiger partial charge on any atom is 0.389 e. The van der Waals surface area contributed by atoms with E-state index in [2.05, 4.69) is 0 Å². The number of alkyl halides is 3. The summed E-state index contributed by atoms with van der Waals surface area (Å²) >= 11 is 0. The van der Waals surface area contributed by atoms with Crippen LogP contribution in [0, 0.1) is 11.3 Å². The molecule has 96 valence electrons. The van der Waals surface area contributed by atoms with E-state index in [1.807, 2.05) is 6.92 Å². The lowest BCUT2D eigenvalue weighted by Gasteiger charge is -2.37. The van der Waals surface area contributed by atoms with Gasteiger partial charge in [0, 0.05) is 6.42 Å². The lowest BCUT2D eigenvalue weighted by atomic mass is 9.73. The largest absolute Gasteiger partial charge is 0.390 e. The van der Waals surface area contributed by atoms with Gasteiger partial charge in [-0.3, -0.25) is 0 Å². The van der Waals surface area contributed by atoms with Crippen molar-refractivity contribution in [3.63, 3.8) is 0 Å². The number of aliphatic hydroxyl groups is 1. The van der Waals surface area contributed by atoms with Crippen LogP contribution in [0.25, 0.3) is 0 Å². The zero-order chi connectivity index (χ0) is 12.6. The van der Waals surface area contributed by atoms with Gasteiger partial charge in [0.25, 0.3) is 0 Å². The van der Waals surface area contributed by atoms with Gasteiger partial charge in [-0.1, -0.05) is 20.3 Å². The maximum atomic E-state index is 12.5. The third-order valence-corrected chi connectivity index (χ3v) is 3.89. The second kappa shape index (κ2) is 4.21. The first-order valence-corrected chi connectivity index (χ1v) is 5.83. The van der Waals surface area contributed by atoms with Crippen molar-refractivity contribution in [2.45, 2.75) is 64.7 Å². The molecule has 0 heterocycles. The summed E-state index contributed by atoms with van der Waals surface area (Å²) in [7, 11) is 0. The molecule has 0 radical (unpaired) electrons. The molecule has 1 aliphatic rings. The molecule has 1 saturated carbocycles. The van der Waals surface area contributed by atoms with Crippen LogP contribution in [0.5, 0.6) is 0 Å². The monoisotopic (exact) mass is 238 g/mol. The maximum absolute atomic E-state index is 12.5. The van der Waals surface area contributed by atoms with Crippen molar-refractivity contribution >= 4 is 0 Å². The molecular formula is C12H21F3O. The third-order valence-electron chi connectivity index (χ3n) is 3.89. The zero-order valence-electron chi connectivity index (χ0n) is 10.2. The average molecular weight is 238 g/mol. The highest BCUT2D eigenvalue weighted by atomic mass is 19.4. The molecule has 1 nitrogen and oxygen atoms in total. The van der Waals surface area contributed by atoms with E-state index in [9.17, 15) is 18.3 Å². The highest BCUT2D eigenvalue weighted by Gasteiger charge is 2.45. The minimum absolute atomic E-state index is 0.0718. The zero-order valence-corrected chi connectivity index (χ0v) is 10.2. The van der Waals surface area contributed by atoms with Crippen LogP contribution in [0.4, 0.5) is 13.2 Å². The molecule has 0 bridgehead atoms. The van der Waals surface area contributed by atoms with E-state index in [-0.39, 0.29) is 12.3 Å². The molecule has 1 aliphatic carbocycles. The van der Waals surface area contributed by atoms with Crippen molar-refractivity contribution < 1.29 is 18.3 Å². The van der Waals surface area contributed by atoms with Crippen LogP contribution in [0.1, 0.15) is 52.9 Å². The molecule has 0 saturated heterocycles. The molecule has 0 aromatic rings. The van der Waals surface area contributed by atoms with Crippen LogP contribution >= 0.6 is 0 Å². The van der Waals surface area contributed by atoms with Crippen LogP contribution in [0.3, 0.4) is 0 Å². The van der Waals surface area contributed by atoms with Gasteiger partial charge in [0.2, 0.25) is 0 Å². The molecule has 1 N–H and O–H groups in total. The Kier molecular flexibility index (Phi) is 3.63. The molecule has 3 atom stereocenters. The summed E-state index contributed by atoms with van der Waals surface area (Å²) in [5.74, 6) is 0.0718. The topological polar surface area (TPSA) is 20.2 Å². The van der Waals surface area contributed by atoms with E-state index < -0.39 is 23.6 Å². The van der Waals surface area contributed by atoms with Crippen molar-refractivity contribution in [3.8, 4) is 0 Å². The van der Waals surface area contributed by atoms with Gasteiger partial charge in [0.05, 0.1) is 5.60 Å². The van der Waals surface area contributed by atoms with Crippen molar-refractivity contribution in [2.24, 2.45) is 11.3 Å². The minimum Gasteiger partial charge on any atom is -0.390 e. The highest BCUT2D eigenvalue weighted by molar-refractivity contribution is 4.92. The predicted molar refractivity (Wildman–Crippen MR) is 57.0 cm³/mol. The Morgan fingerprint density at radius 2 is 1.88 bits per heavy atom. The first-order chi connectivity index (χ1) is 7.04. The van der Waals surface area contributed by atoms with E-state index in [4.69, 9.17) is 0 Å². The summed E-state index contributed by atoms with van der Waals surface area (Å²) in [5, 5.41) is 10.2. The second-order valence-electron chi connectivity index (χ2n) is 5.93. The Hall–Kier alpha value is -0.250. The van der Waals surface area contributed by atoms with E-state index in [1.165, 1.54) is 0 Å². The van der Waals surface area contributed by atoms with E-state index >= 15 is 0 Å². The average Bonchev–Trinajstić information content (AvgIpc) is 2.05. The number of hydrogen-bond donors (Lipinski definition) is 1. The van der Waals surface area contributed by atoms with E-state index in [0.29, 0.717) is 6.42 Å². The van der Waals surface area contributed by atoms with E-state index in [1.54, 1.807) is 13.8 Å². The molecular weight excluding hydrogens is 217 g/mol. The summed E-state index contributed by atoms with van der Waals surface area (Å²) in [6, 6.07) is 0. The van der Waals surface area contributed by atoms with Crippen LogP contribution in [-0.4, -0.2) is 16.9 Å². The van der Waals surface area contributed by atoms with Gasteiger partial charge in [-0.2, -0.15) is 13.2 Å². The lowest BCUT2D eigenvalue weighted by Crippen LogP contribution is -2.38. The number of rotatable bonds is 1. The fourth-order valence-corrected chi connectivity index (χ4v) is 2.91. The van der Waals surface area contributed by atoms with Crippen molar-refractivity contribution in [1.82, 2.24) is 0 Å². The summed E-state index contributed by atoms with van der Waals surface area (Å²) in [6.07, 6.45) is -2.57. The van der Waals surface area contributed by atoms with Crippen LogP contribution in [0.2, 0.25) is 0 Å². The van der Waals surface area contributed by atoms with Crippen molar-refractivity contribution in [3.05, 3.63) is 0 Å². The Labute approximate surface area is 95.0 Å². The van der Waals surface area contributed by atoms with Crippen LogP contribution in [-0.2, 0) is 0 Å². The number of halogens is 3. The normalized spacial score (nSPS) is 41.8. The van der Waals surface area contributed by atoms with Gasteiger partial charge < -0.3 is 5.11 Å². The van der Waals surface area contributed by atoms with Gasteiger partial charge in [-0.15, -0.1) is 0 Å². The van der Waals surface area contributed by atoms with Gasteiger partial charge in [-0.05, 0) is 37.5 Å². The summed E-state index contributed by atoms with van der Waals surface area (Å²) < 4.78 is 37.5. The molecule has 4 heteroatoms. The highest BCUT2D eigenvalue weighted by Crippen LogP contribution is 2.47. The van der Waals surface area contributed by atoms with Gasteiger partial charge >= 0.3 is 6.18 Å². The molecule has 0 spiro atoms. The molecule has 0 aromatic heterocycles. The lowest BCUT2D eigenvalue weighted by molar-refractivity contribution is -0.164. The Balaban J connectivity index is 2.81. The molecule has 3 unspecified atom stereocenters. The van der Waals surface area contributed by atoms with Gasteiger partial charge in [0.1, 0.15) is 0 Å². The van der Waals surface area contributed by atoms with Crippen LogP contribution < -0.4 is 0 Å². The summed E-state index contributed by atoms with van der Waals surface area (Å²) in [4.78, 5) is 0. The van der Waals surface area contributed by atoms with Gasteiger partial charge in [0.15, 0.2) is 0 Å². The molecule has 0 aromatic carbocycles. The smallest absolute Gasteiger partial charge is 0.389 e. The van der Waals surface area contributed by atoms with Crippen molar-refractivity contribution in [1.29, 1.82) is 0 Å². The first kappa shape index (κ1) is 13.8. The molecule has 0 amide bonds. The standard InChI is InChI=1S/C12H21F3O/c1-9-5-4-6-10(2,7-11(9,3)16)8-12(13,14)15/h9,16H,4-8H2,1-3H3.